The van der Waals surface area contributed by atoms with E-state index in [4.69, 9.17) is 9.47 Å². The van der Waals surface area contributed by atoms with Crippen LogP contribution in [0.5, 0.6) is 11.5 Å². The van der Waals surface area contributed by atoms with Gasteiger partial charge < -0.3 is 14.8 Å². The summed E-state index contributed by atoms with van der Waals surface area (Å²) in [5, 5.41) is 6.98. The van der Waals surface area contributed by atoms with Gasteiger partial charge in [-0.2, -0.15) is 5.10 Å². The monoisotopic (exact) mass is 495 g/mol. The Morgan fingerprint density at radius 2 is 1.59 bits per heavy atom. The minimum atomic E-state index is -0.407. The second-order valence-corrected chi connectivity index (χ2v) is 7.67. The van der Waals surface area contributed by atoms with E-state index in [2.05, 4.69) is 31.8 Å². The van der Waals surface area contributed by atoms with E-state index in [-0.39, 0.29) is 5.91 Å². The normalized spacial score (nSPS) is 10.9. The standard InChI is InChI=1S/C24H22BrN3O4/c1-15(21-11-10-20(31-2)14-22(21)32-3)27-28-24(30)17-7-5-9-19(13-17)26-23(29)16-6-4-8-18(25)12-16/h4-14H,1-3H3,(H,26,29)(H,28,30). The molecule has 0 unspecified atom stereocenters. The van der Waals surface area contributed by atoms with Gasteiger partial charge in [-0.3, -0.25) is 9.59 Å². The summed E-state index contributed by atoms with van der Waals surface area (Å²) in [5.74, 6) is 0.556. The largest absolute Gasteiger partial charge is 0.497 e. The quantitative estimate of drug-likeness (QED) is 0.361. The maximum Gasteiger partial charge on any atom is 0.271 e. The van der Waals surface area contributed by atoms with Crippen molar-refractivity contribution in [3.63, 3.8) is 0 Å². The van der Waals surface area contributed by atoms with Gasteiger partial charge in [-0.05, 0) is 55.5 Å². The Kier molecular flexibility index (Phi) is 7.62. The molecule has 0 radical (unpaired) electrons. The first-order chi connectivity index (χ1) is 15.4. The lowest BCUT2D eigenvalue weighted by atomic mass is 10.1. The first-order valence-electron chi connectivity index (χ1n) is 9.65. The highest BCUT2D eigenvalue weighted by Gasteiger charge is 2.11. The zero-order valence-corrected chi connectivity index (χ0v) is 19.4. The SMILES string of the molecule is COc1ccc(C(C)=NNC(=O)c2cccc(NC(=O)c3cccc(Br)c3)c2)c(OC)c1. The first-order valence-corrected chi connectivity index (χ1v) is 10.4. The van der Waals surface area contributed by atoms with Crippen molar-refractivity contribution in [2.75, 3.05) is 19.5 Å². The highest BCUT2D eigenvalue weighted by Crippen LogP contribution is 2.25. The lowest BCUT2D eigenvalue weighted by Crippen LogP contribution is -2.20. The minimum absolute atomic E-state index is 0.274. The van der Waals surface area contributed by atoms with Gasteiger partial charge in [0.15, 0.2) is 0 Å². The van der Waals surface area contributed by atoms with Gasteiger partial charge in [0, 0.05) is 32.9 Å². The van der Waals surface area contributed by atoms with Gasteiger partial charge in [0.1, 0.15) is 11.5 Å². The molecule has 2 N–H and O–H groups in total. The molecule has 2 amide bonds. The number of nitrogens with zero attached hydrogens (tertiary/aromatic N) is 1. The van der Waals surface area contributed by atoms with Gasteiger partial charge in [-0.15, -0.1) is 0 Å². The number of carbonyl (C=O) groups excluding carboxylic acids is 2. The summed E-state index contributed by atoms with van der Waals surface area (Å²) in [5.41, 5.74) is 5.19. The molecule has 0 fully saturated rings. The summed E-state index contributed by atoms with van der Waals surface area (Å²) < 4.78 is 11.4. The van der Waals surface area contributed by atoms with Crippen LogP contribution in [-0.2, 0) is 0 Å². The van der Waals surface area contributed by atoms with Crippen LogP contribution in [0.1, 0.15) is 33.2 Å². The lowest BCUT2D eigenvalue weighted by Gasteiger charge is -2.10. The van der Waals surface area contributed by atoms with Crippen molar-refractivity contribution in [3.05, 3.63) is 87.9 Å². The second-order valence-electron chi connectivity index (χ2n) is 6.75. The fraction of sp³-hybridized carbons (Fsp3) is 0.125. The number of hydrogen-bond donors (Lipinski definition) is 2. The van der Waals surface area contributed by atoms with Crippen LogP contribution in [0, 0.1) is 0 Å². The summed E-state index contributed by atoms with van der Waals surface area (Å²) in [6, 6.07) is 19.0. The van der Waals surface area contributed by atoms with E-state index < -0.39 is 5.91 Å². The first kappa shape index (κ1) is 23.0. The maximum absolute atomic E-state index is 12.6. The summed E-state index contributed by atoms with van der Waals surface area (Å²) >= 11 is 3.35. The smallest absolute Gasteiger partial charge is 0.271 e. The molecule has 0 spiro atoms. The lowest BCUT2D eigenvalue weighted by molar-refractivity contribution is 0.0953. The maximum atomic E-state index is 12.6. The Morgan fingerprint density at radius 1 is 0.875 bits per heavy atom. The fourth-order valence-electron chi connectivity index (χ4n) is 2.93. The number of nitrogens with one attached hydrogen (secondary N) is 2. The molecule has 0 atom stereocenters. The molecule has 0 saturated carbocycles. The predicted octanol–water partition coefficient (Wildman–Crippen LogP) is 4.87. The number of hydrazone groups is 1. The van der Waals surface area contributed by atoms with Crippen molar-refractivity contribution in [1.29, 1.82) is 0 Å². The zero-order valence-electron chi connectivity index (χ0n) is 17.8. The number of benzene rings is 3. The molecular formula is C24H22BrN3O4. The number of anilines is 1. The van der Waals surface area contributed by atoms with E-state index in [9.17, 15) is 9.59 Å². The van der Waals surface area contributed by atoms with E-state index >= 15 is 0 Å². The minimum Gasteiger partial charge on any atom is -0.497 e. The molecule has 0 bridgehead atoms. The molecule has 32 heavy (non-hydrogen) atoms. The summed E-state index contributed by atoms with van der Waals surface area (Å²) in [4.78, 5) is 25.0. The molecule has 0 aromatic heterocycles. The van der Waals surface area contributed by atoms with E-state index in [1.54, 1.807) is 81.8 Å². The van der Waals surface area contributed by atoms with E-state index in [0.29, 0.717) is 34.0 Å². The Morgan fingerprint density at radius 3 is 2.28 bits per heavy atom. The average Bonchev–Trinajstić information content (AvgIpc) is 2.82. The highest BCUT2D eigenvalue weighted by atomic mass is 79.9. The van der Waals surface area contributed by atoms with Crippen LogP contribution < -0.4 is 20.2 Å². The molecule has 3 aromatic rings. The number of hydrogen-bond acceptors (Lipinski definition) is 5. The van der Waals surface area contributed by atoms with Crippen LogP contribution >= 0.6 is 15.9 Å². The van der Waals surface area contributed by atoms with Crippen molar-refractivity contribution >= 4 is 39.1 Å². The Hall–Kier alpha value is -3.65. The third-order valence-electron chi connectivity index (χ3n) is 4.59. The fourth-order valence-corrected chi connectivity index (χ4v) is 3.33. The van der Waals surface area contributed by atoms with Gasteiger partial charge in [-0.1, -0.05) is 28.1 Å². The van der Waals surface area contributed by atoms with Crippen LogP contribution in [0.2, 0.25) is 0 Å². The van der Waals surface area contributed by atoms with Gasteiger partial charge >= 0.3 is 0 Å². The molecular weight excluding hydrogens is 474 g/mol. The molecule has 164 valence electrons. The van der Waals surface area contributed by atoms with Gasteiger partial charge in [0.05, 0.1) is 19.9 Å². The molecule has 0 heterocycles. The molecule has 3 aromatic carbocycles. The van der Waals surface area contributed by atoms with Crippen molar-refractivity contribution in [2.45, 2.75) is 6.92 Å². The van der Waals surface area contributed by atoms with Crippen molar-refractivity contribution in [3.8, 4) is 11.5 Å². The number of rotatable bonds is 7. The summed E-state index contributed by atoms with van der Waals surface area (Å²) in [7, 11) is 3.13. The highest BCUT2D eigenvalue weighted by molar-refractivity contribution is 9.10. The van der Waals surface area contributed by atoms with E-state index in [1.165, 1.54) is 0 Å². The number of carbonyl (C=O) groups is 2. The number of methoxy groups -OCH3 is 2. The molecule has 0 aliphatic rings. The molecule has 0 aliphatic heterocycles. The molecule has 8 heteroatoms. The van der Waals surface area contributed by atoms with Crippen LogP contribution in [0.25, 0.3) is 0 Å². The zero-order chi connectivity index (χ0) is 23.1. The average molecular weight is 496 g/mol. The predicted molar refractivity (Wildman–Crippen MR) is 128 cm³/mol. The summed E-state index contributed by atoms with van der Waals surface area (Å²) in [6.45, 7) is 1.76. The van der Waals surface area contributed by atoms with Crippen molar-refractivity contribution in [2.24, 2.45) is 5.10 Å². The Bertz CT molecular complexity index is 1180. The molecule has 7 nitrogen and oxygen atoms in total. The van der Waals surface area contributed by atoms with Crippen molar-refractivity contribution in [1.82, 2.24) is 5.43 Å². The van der Waals surface area contributed by atoms with Crippen LogP contribution in [0.4, 0.5) is 5.69 Å². The topological polar surface area (TPSA) is 89.0 Å². The van der Waals surface area contributed by atoms with Crippen LogP contribution in [0.3, 0.4) is 0 Å². The van der Waals surface area contributed by atoms with Crippen LogP contribution in [0.15, 0.2) is 76.3 Å². The van der Waals surface area contributed by atoms with Gasteiger partial charge in [0.25, 0.3) is 11.8 Å². The number of ether oxygens (including phenoxy) is 2. The van der Waals surface area contributed by atoms with Gasteiger partial charge in [-0.25, -0.2) is 5.43 Å². The third-order valence-corrected chi connectivity index (χ3v) is 5.09. The Labute approximate surface area is 194 Å². The van der Waals surface area contributed by atoms with Crippen LogP contribution in [-0.4, -0.2) is 31.7 Å². The molecule has 0 saturated heterocycles. The summed E-state index contributed by atoms with van der Waals surface area (Å²) in [6.07, 6.45) is 0. The van der Waals surface area contributed by atoms with Crippen molar-refractivity contribution < 1.29 is 19.1 Å². The van der Waals surface area contributed by atoms with E-state index in [0.717, 1.165) is 10.0 Å². The van der Waals surface area contributed by atoms with E-state index in [1.807, 2.05) is 6.07 Å². The number of amides is 2. The Balaban J connectivity index is 1.71. The van der Waals surface area contributed by atoms with Gasteiger partial charge in [0.2, 0.25) is 0 Å². The number of halogens is 1. The molecule has 3 rings (SSSR count). The third kappa shape index (κ3) is 5.73. The second kappa shape index (κ2) is 10.6. The molecule has 0 aliphatic carbocycles.